The van der Waals surface area contributed by atoms with Gasteiger partial charge >= 0.3 is 5.69 Å². The summed E-state index contributed by atoms with van der Waals surface area (Å²) in [5, 5.41) is 26.6. The molecule has 0 spiro atoms. The minimum absolute atomic E-state index is 0.102. The summed E-state index contributed by atoms with van der Waals surface area (Å²) in [4.78, 5) is 18.3. The number of nitrogens with one attached hydrogen (secondary N) is 2. The largest absolute Gasteiger partial charge is 0.388 e. The third-order valence-electron chi connectivity index (χ3n) is 2.75. The van der Waals surface area contributed by atoms with E-state index in [0.29, 0.717) is 13.0 Å². The van der Waals surface area contributed by atoms with Crippen LogP contribution in [0.2, 0.25) is 0 Å². The van der Waals surface area contributed by atoms with Gasteiger partial charge in [0.2, 0.25) is 11.6 Å². The monoisotopic (exact) mass is 269 g/mol. The first kappa shape index (κ1) is 15.1. The van der Waals surface area contributed by atoms with Crippen molar-refractivity contribution in [2.75, 3.05) is 23.7 Å². The number of nitrogens with zero attached hydrogens (tertiary/aromatic N) is 3. The molecule has 0 bridgehead atoms. The topological polar surface area (TPSA) is 113 Å². The Morgan fingerprint density at radius 2 is 1.95 bits per heavy atom. The van der Waals surface area contributed by atoms with Crippen molar-refractivity contribution in [2.45, 2.75) is 32.8 Å². The van der Waals surface area contributed by atoms with Crippen molar-refractivity contribution in [3.8, 4) is 0 Å². The Kier molecular flexibility index (Phi) is 4.99. The Morgan fingerprint density at radius 3 is 2.42 bits per heavy atom. The first-order valence-electron chi connectivity index (χ1n) is 6.10. The summed E-state index contributed by atoms with van der Waals surface area (Å²) < 4.78 is 0. The zero-order chi connectivity index (χ0) is 14.5. The van der Waals surface area contributed by atoms with E-state index in [1.54, 1.807) is 6.92 Å². The van der Waals surface area contributed by atoms with Gasteiger partial charge in [0, 0.05) is 13.1 Å². The summed E-state index contributed by atoms with van der Waals surface area (Å²) in [5.41, 5.74) is -1.16. The molecule has 1 heterocycles. The number of anilines is 2. The molecular formula is C11H19N5O3. The summed E-state index contributed by atoms with van der Waals surface area (Å²) >= 11 is 0. The molecule has 1 unspecified atom stereocenters. The van der Waals surface area contributed by atoms with Crippen LogP contribution in [0.25, 0.3) is 0 Å². The predicted octanol–water partition coefficient (Wildman–Crippen LogP) is 1.39. The van der Waals surface area contributed by atoms with E-state index in [2.05, 4.69) is 20.6 Å². The highest BCUT2D eigenvalue weighted by Crippen LogP contribution is 2.29. The van der Waals surface area contributed by atoms with E-state index in [-0.39, 0.29) is 23.9 Å². The molecule has 1 aromatic heterocycles. The molecule has 3 N–H and O–H groups in total. The lowest BCUT2D eigenvalue weighted by Gasteiger charge is -2.21. The number of hydrogen-bond donors (Lipinski definition) is 3. The number of rotatable bonds is 7. The van der Waals surface area contributed by atoms with Crippen molar-refractivity contribution in [3.05, 3.63) is 16.4 Å². The maximum atomic E-state index is 11.1. The molecule has 0 fully saturated rings. The van der Waals surface area contributed by atoms with E-state index in [9.17, 15) is 15.2 Å². The van der Waals surface area contributed by atoms with E-state index in [4.69, 9.17) is 0 Å². The van der Waals surface area contributed by atoms with Gasteiger partial charge in [0.05, 0.1) is 10.5 Å². The van der Waals surface area contributed by atoms with Gasteiger partial charge in [-0.05, 0) is 20.3 Å². The second-order valence-electron chi connectivity index (χ2n) is 4.41. The predicted molar refractivity (Wildman–Crippen MR) is 72.3 cm³/mol. The molecule has 0 amide bonds. The third kappa shape index (κ3) is 4.02. The van der Waals surface area contributed by atoms with Crippen LogP contribution in [0.4, 0.5) is 17.3 Å². The Labute approximate surface area is 111 Å². The Bertz CT molecular complexity index is 450. The quantitative estimate of drug-likeness (QED) is 0.506. The van der Waals surface area contributed by atoms with Gasteiger partial charge in [-0.2, -0.15) is 0 Å². The van der Waals surface area contributed by atoms with E-state index in [1.165, 1.54) is 6.33 Å². The van der Waals surface area contributed by atoms with Crippen LogP contribution in [0.3, 0.4) is 0 Å². The molecule has 19 heavy (non-hydrogen) atoms. The molecule has 0 radical (unpaired) electrons. The van der Waals surface area contributed by atoms with Crippen molar-refractivity contribution >= 4 is 17.3 Å². The Morgan fingerprint density at radius 1 is 1.37 bits per heavy atom. The fourth-order valence-electron chi connectivity index (χ4n) is 1.38. The summed E-state index contributed by atoms with van der Waals surface area (Å²) in [5.74, 6) is 0.269. The number of nitro groups is 1. The standard InChI is InChI=1S/C11H19N5O3/c1-4-11(3,17)6-13-10-8(16(18)19)9(12-5-2)14-7-15-10/h7,17H,4-6H2,1-3H3,(H2,12,13,14,15). The SMILES string of the molecule is CCNc1ncnc(NCC(C)(O)CC)c1[N+](=O)[O-]. The number of aromatic nitrogens is 2. The lowest BCUT2D eigenvalue weighted by molar-refractivity contribution is -0.383. The highest BCUT2D eigenvalue weighted by Gasteiger charge is 2.25. The highest BCUT2D eigenvalue weighted by molar-refractivity contribution is 5.69. The zero-order valence-electron chi connectivity index (χ0n) is 11.3. The minimum Gasteiger partial charge on any atom is -0.388 e. The van der Waals surface area contributed by atoms with Gasteiger partial charge in [0.1, 0.15) is 6.33 Å². The average molecular weight is 269 g/mol. The molecule has 0 saturated carbocycles. The van der Waals surface area contributed by atoms with Crippen LogP contribution in [0.5, 0.6) is 0 Å². The van der Waals surface area contributed by atoms with E-state index in [1.807, 2.05) is 13.8 Å². The molecule has 0 saturated heterocycles. The fraction of sp³-hybridized carbons (Fsp3) is 0.636. The lowest BCUT2D eigenvalue weighted by Crippen LogP contribution is -2.32. The molecule has 0 aliphatic heterocycles. The second kappa shape index (κ2) is 6.28. The third-order valence-corrected chi connectivity index (χ3v) is 2.75. The van der Waals surface area contributed by atoms with Crippen LogP contribution < -0.4 is 10.6 Å². The minimum atomic E-state index is -0.947. The van der Waals surface area contributed by atoms with Crippen LogP contribution in [0.1, 0.15) is 27.2 Å². The lowest BCUT2D eigenvalue weighted by atomic mass is 10.0. The molecular weight excluding hydrogens is 250 g/mol. The molecule has 0 aromatic carbocycles. The molecule has 0 aliphatic rings. The number of hydrogen-bond acceptors (Lipinski definition) is 7. The number of aliphatic hydroxyl groups is 1. The van der Waals surface area contributed by atoms with E-state index in [0.717, 1.165) is 0 Å². The van der Waals surface area contributed by atoms with Gasteiger partial charge < -0.3 is 15.7 Å². The smallest absolute Gasteiger partial charge is 0.353 e. The van der Waals surface area contributed by atoms with Crippen LogP contribution in [-0.4, -0.2) is 38.7 Å². The molecule has 1 atom stereocenters. The molecule has 8 heteroatoms. The van der Waals surface area contributed by atoms with Gasteiger partial charge in [-0.25, -0.2) is 9.97 Å². The summed E-state index contributed by atoms with van der Waals surface area (Å²) in [6.45, 7) is 6.00. The van der Waals surface area contributed by atoms with Gasteiger partial charge in [-0.3, -0.25) is 10.1 Å². The van der Waals surface area contributed by atoms with Crippen LogP contribution in [0.15, 0.2) is 6.33 Å². The molecule has 0 aliphatic carbocycles. The maximum Gasteiger partial charge on any atom is 0.353 e. The molecule has 106 valence electrons. The molecule has 1 rings (SSSR count). The van der Waals surface area contributed by atoms with Gasteiger partial charge in [-0.15, -0.1) is 0 Å². The van der Waals surface area contributed by atoms with E-state index < -0.39 is 10.5 Å². The van der Waals surface area contributed by atoms with Crippen molar-refractivity contribution in [2.24, 2.45) is 0 Å². The highest BCUT2D eigenvalue weighted by atomic mass is 16.6. The first-order valence-corrected chi connectivity index (χ1v) is 6.10. The van der Waals surface area contributed by atoms with Crippen molar-refractivity contribution < 1.29 is 10.0 Å². The summed E-state index contributed by atoms with van der Waals surface area (Å²) in [6, 6.07) is 0. The van der Waals surface area contributed by atoms with Crippen molar-refractivity contribution in [1.29, 1.82) is 0 Å². The van der Waals surface area contributed by atoms with Crippen LogP contribution >= 0.6 is 0 Å². The van der Waals surface area contributed by atoms with Crippen LogP contribution in [0, 0.1) is 10.1 Å². The first-order chi connectivity index (χ1) is 8.91. The average Bonchev–Trinajstić information content (AvgIpc) is 2.36. The van der Waals surface area contributed by atoms with E-state index >= 15 is 0 Å². The normalized spacial score (nSPS) is 13.7. The molecule has 8 nitrogen and oxygen atoms in total. The van der Waals surface area contributed by atoms with Gasteiger partial charge in [0.15, 0.2) is 0 Å². The van der Waals surface area contributed by atoms with Gasteiger partial charge in [0.25, 0.3) is 0 Å². The fourth-order valence-corrected chi connectivity index (χ4v) is 1.38. The van der Waals surface area contributed by atoms with Crippen molar-refractivity contribution in [3.63, 3.8) is 0 Å². The maximum absolute atomic E-state index is 11.1. The van der Waals surface area contributed by atoms with Crippen LogP contribution in [-0.2, 0) is 0 Å². The Hall–Kier alpha value is -1.96. The Balaban J connectivity index is 3.00. The summed E-state index contributed by atoms with van der Waals surface area (Å²) in [7, 11) is 0. The van der Waals surface area contributed by atoms with Crippen molar-refractivity contribution in [1.82, 2.24) is 9.97 Å². The second-order valence-corrected chi connectivity index (χ2v) is 4.41. The summed E-state index contributed by atoms with van der Waals surface area (Å²) in [6.07, 6.45) is 1.77. The zero-order valence-corrected chi connectivity index (χ0v) is 11.3. The van der Waals surface area contributed by atoms with Gasteiger partial charge in [-0.1, -0.05) is 6.92 Å². The molecule has 1 aromatic rings.